The van der Waals surface area contributed by atoms with Crippen LogP contribution in [0.2, 0.25) is 0 Å². The number of aromatic nitrogens is 3. The Morgan fingerprint density at radius 1 is 1.00 bits per heavy atom. The standard InChI is InChI=1S/C25H29FN6O3S/c26-21-14-18(32-36(33,34)19-2-1-3-19)8-9-24(21)35-23-11-12-28-15-20(23)22-10-13-29-25(31-22)30-17-6-4-16(27)5-7-17/h8-17,19,32H,1-7,27H2,(H,29,30,31). The molecule has 2 heterocycles. The minimum atomic E-state index is -3.52. The lowest BCUT2D eigenvalue weighted by Crippen LogP contribution is -2.33. The van der Waals surface area contributed by atoms with Gasteiger partial charge in [0.05, 0.1) is 22.2 Å². The molecule has 36 heavy (non-hydrogen) atoms. The van der Waals surface area contributed by atoms with Gasteiger partial charge in [-0.2, -0.15) is 0 Å². The fraction of sp³-hybridized carbons (Fsp3) is 0.400. The maximum absolute atomic E-state index is 14.9. The lowest BCUT2D eigenvalue weighted by molar-refractivity contribution is 0.410. The van der Waals surface area contributed by atoms with Gasteiger partial charge in [0.25, 0.3) is 0 Å². The number of hydrogen-bond acceptors (Lipinski definition) is 8. The van der Waals surface area contributed by atoms with Crippen LogP contribution in [0.15, 0.2) is 48.9 Å². The van der Waals surface area contributed by atoms with Gasteiger partial charge in [-0.25, -0.2) is 22.8 Å². The van der Waals surface area contributed by atoms with Gasteiger partial charge in [-0.1, -0.05) is 6.42 Å². The second-order valence-corrected chi connectivity index (χ2v) is 11.3. The van der Waals surface area contributed by atoms with Crippen molar-refractivity contribution < 1.29 is 17.5 Å². The van der Waals surface area contributed by atoms with Crippen molar-refractivity contribution in [3.8, 4) is 22.8 Å². The Bertz CT molecular complexity index is 1330. The first-order valence-corrected chi connectivity index (χ1v) is 13.7. The maximum Gasteiger partial charge on any atom is 0.235 e. The molecule has 2 aromatic heterocycles. The van der Waals surface area contributed by atoms with Crippen LogP contribution in [0.4, 0.5) is 16.0 Å². The Balaban J connectivity index is 1.32. The summed E-state index contributed by atoms with van der Waals surface area (Å²) < 4.78 is 47.9. The maximum atomic E-state index is 14.9. The van der Waals surface area contributed by atoms with E-state index < -0.39 is 21.1 Å². The normalized spacial score (nSPS) is 20.4. The first kappa shape index (κ1) is 24.4. The second-order valence-electron chi connectivity index (χ2n) is 9.34. The monoisotopic (exact) mass is 512 g/mol. The highest BCUT2D eigenvalue weighted by atomic mass is 32.2. The number of hydrogen-bond donors (Lipinski definition) is 3. The van der Waals surface area contributed by atoms with Crippen molar-refractivity contribution in [2.24, 2.45) is 5.73 Å². The summed E-state index contributed by atoms with van der Waals surface area (Å²) in [6.07, 6.45) is 10.8. The summed E-state index contributed by atoms with van der Waals surface area (Å²) >= 11 is 0. The second kappa shape index (κ2) is 10.4. The molecule has 11 heteroatoms. The molecule has 2 fully saturated rings. The molecule has 0 unspecified atom stereocenters. The van der Waals surface area contributed by atoms with Gasteiger partial charge in [0.15, 0.2) is 11.6 Å². The topological polar surface area (TPSA) is 132 Å². The highest BCUT2D eigenvalue weighted by Crippen LogP contribution is 2.34. The largest absolute Gasteiger partial charge is 0.453 e. The lowest BCUT2D eigenvalue weighted by Gasteiger charge is -2.26. The molecule has 2 saturated carbocycles. The van der Waals surface area contributed by atoms with Gasteiger partial charge >= 0.3 is 0 Å². The fourth-order valence-electron chi connectivity index (χ4n) is 4.38. The van der Waals surface area contributed by atoms with E-state index in [0.29, 0.717) is 35.8 Å². The van der Waals surface area contributed by atoms with Crippen molar-refractivity contribution in [3.63, 3.8) is 0 Å². The zero-order valence-corrected chi connectivity index (χ0v) is 20.5. The molecule has 190 valence electrons. The summed E-state index contributed by atoms with van der Waals surface area (Å²) in [5, 5.41) is 2.96. The van der Waals surface area contributed by atoms with Crippen LogP contribution in [0.25, 0.3) is 11.3 Å². The zero-order chi connectivity index (χ0) is 25.1. The summed E-state index contributed by atoms with van der Waals surface area (Å²) in [5.74, 6) is 0.129. The number of anilines is 2. The van der Waals surface area contributed by atoms with E-state index in [1.807, 2.05) is 0 Å². The van der Waals surface area contributed by atoms with Gasteiger partial charge in [-0.3, -0.25) is 9.71 Å². The van der Waals surface area contributed by atoms with Gasteiger partial charge < -0.3 is 15.8 Å². The third-order valence-corrected chi connectivity index (χ3v) is 8.59. The van der Waals surface area contributed by atoms with Crippen molar-refractivity contribution >= 4 is 21.7 Å². The molecule has 0 saturated heterocycles. The van der Waals surface area contributed by atoms with Crippen molar-refractivity contribution in [3.05, 3.63) is 54.7 Å². The first-order valence-electron chi connectivity index (χ1n) is 12.2. The van der Waals surface area contributed by atoms with Crippen LogP contribution in [-0.4, -0.2) is 40.7 Å². The molecule has 0 spiro atoms. The average molecular weight is 513 g/mol. The van der Waals surface area contributed by atoms with Crippen LogP contribution in [0.3, 0.4) is 0 Å². The molecule has 0 atom stereocenters. The highest BCUT2D eigenvalue weighted by Gasteiger charge is 2.31. The molecule has 4 N–H and O–H groups in total. The minimum absolute atomic E-state index is 0.0417. The van der Waals surface area contributed by atoms with Crippen LogP contribution in [0.5, 0.6) is 11.5 Å². The molecule has 5 rings (SSSR count). The van der Waals surface area contributed by atoms with Crippen LogP contribution >= 0.6 is 0 Å². The molecule has 0 radical (unpaired) electrons. The Morgan fingerprint density at radius 2 is 1.81 bits per heavy atom. The number of sulfonamides is 1. The minimum Gasteiger partial charge on any atom is -0.453 e. The summed E-state index contributed by atoms with van der Waals surface area (Å²) in [6, 6.07) is 7.88. The fourth-order valence-corrected chi connectivity index (χ4v) is 5.96. The zero-order valence-electron chi connectivity index (χ0n) is 19.7. The quantitative estimate of drug-likeness (QED) is 0.403. The van der Waals surface area contributed by atoms with E-state index in [1.54, 1.807) is 30.7 Å². The molecule has 2 aliphatic rings. The van der Waals surface area contributed by atoms with E-state index in [9.17, 15) is 12.8 Å². The van der Waals surface area contributed by atoms with Gasteiger partial charge in [-0.15, -0.1) is 0 Å². The van der Waals surface area contributed by atoms with E-state index in [2.05, 4.69) is 25.0 Å². The SMILES string of the molecule is NC1CCC(Nc2nccc(-c3cnccc3Oc3ccc(NS(=O)(=O)C4CCC4)cc3F)n2)CC1. The highest BCUT2D eigenvalue weighted by molar-refractivity contribution is 7.93. The number of halogens is 1. The Hall–Kier alpha value is -3.31. The molecule has 0 amide bonds. The predicted octanol–water partition coefficient (Wildman–Crippen LogP) is 4.45. The van der Waals surface area contributed by atoms with E-state index in [0.717, 1.165) is 38.2 Å². The third kappa shape index (κ3) is 5.57. The average Bonchev–Trinajstić information content (AvgIpc) is 2.81. The molecule has 0 bridgehead atoms. The number of pyridine rings is 1. The number of ether oxygens (including phenoxy) is 1. The Kier molecular flexibility index (Phi) is 7.01. The molecular weight excluding hydrogens is 483 g/mol. The molecule has 2 aliphatic carbocycles. The number of nitrogens with two attached hydrogens (primary N) is 1. The van der Waals surface area contributed by atoms with Crippen molar-refractivity contribution in [1.82, 2.24) is 15.0 Å². The van der Waals surface area contributed by atoms with Crippen LogP contribution in [-0.2, 0) is 10.0 Å². The molecule has 1 aromatic carbocycles. The summed E-state index contributed by atoms with van der Waals surface area (Å²) in [6.45, 7) is 0. The Morgan fingerprint density at radius 3 is 2.53 bits per heavy atom. The smallest absolute Gasteiger partial charge is 0.235 e. The van der Waals surface area contributed by atoms with Gasteiger partial charge in [-0.05, 0) is 62.8 Å². The number of nitrogens with one attached hydrogen (secondary N) is 2. The van der Waals surface area contributed by atoms with E-state index in [-0.39, 0.29) is 23.5 Å². The summed E-state index contributed by atoms with van der Waals surface area (Å²) in [4.78, 5) is 13.1. The number of nitrogens with zero attached hydrogens (tertiary/aromatic N) is 3. The molecule has 3 aromatic rings. The van der Waals surface area contributed by atoms with Gasteiger partial charge in [0, 0.05) is 36.7 Å². The van der Waals surface area contributed by atoms with E-state index in [1.165, 1.54) is 12.1 Å². The predicted molar refractivity (Wildman–Crippen MR) is 136 cm³/mol. The molecule has 0 aliphatic heterocycles. The van der Waals surface area contributed by atoms with Crippen LogP contribution < -0.4 is 20.5 Å². The van der Waals surface area contributed by atoms with Crippen molar-refractivity contribution in [1.29, 1.82) is 0 Å². The molecule has 9 nitrogen and oxygen atoms in total. The number of benzene rings is 1. The van der Waals surface area contributed by atoms with Gasteiger partial charge in [0.1, 0.15) is 5.75 Å². The van der Waals surface area contributed by atoms with Crippen molar-refractivity contribution in [2.75, 3.05) is 10.0 Å². The summed E-state index contributed by atoms with van der Waals surface area (Å²) in [7, 11) is -3.52. The van der Waals surface area contributed by atoms with Crippen LogP contribution in [0.1, 0.15) is 44.9 Å². The molecular formula is C25H29FN6O3S. The van der Waals surface area contributed by atoms with E-state index >= 15 is 0 Å². The first-order chi connectivity index (χ1) is 17.4. The van der Waals surface area contributed by atoms with Crippen molar-refractivity contribution in [2.45, 2.75) is 62.3 Å². The number of rotatable bonds is 8. The lowest BCUT2D eigenvalue weighted by atomic mass is 9.92. The van der Waals surface area contributed by atoms with Crippen LogP contribution in [0, 0.1) is 5.82 Å². The summed E-state index contributed by atoms with van der Waals surface area (Å²) in [5.41, 5.74) is 7.31. The Labute approximate surface area is 209 Å². The third-order valence-electron chi connectivity index (χ3n) is 6.72. The van der Waals surface area contributed by atoms with E-state index in [4.69, 9.17) is 10.5 Å². The van der Waals surface area contributed by atoms with Gasteiger partial charge in [0.2, 0.25) is 16.0 Å².